The summed E-state index contributed by atoms with van der Waals surface area (Å²) in [5.41, 5.74) is 5.39. The summed E-state index contributed by atoms with van der Waals surface area (Å²) >= 11 is 0. The number of nitrogens with one attached hydrogen (secondary N) is 1. The van der Waals surface area contributed by atoms with Crippen LogP contribution in [0.15, 0.2) is 103 Å². The number of carbonyl (C=O) groups excluding carboxylic acids is 1. The first kappa shape index (κ1) is 20.8. The van der Waals surface area contributed by atoms with Crippen molar-refractivity contribution in [2.75, 3.05) is 16.8 Å². The molecule has 0 saturated carbocycles. The third-order valence-corrected chi connectivity index (χ3v) is 6.07. The third kappa shape index (κ3) is 4.20. The van der Waals surface area contributed by atoms with Gasteiger partial charge in [0.1, 0.15) is 0 Å². The highest BCUT2D eigenvalue weighted by Gasteiger charge is 2.13. The average molecular weight is 434 g/mol. The van der Waals surface area contributed by atoms with Crippen molar-refractivity contribution in [1.82, 2.24) is 4.57 Å². The highest BCUT2D eigenvalue weighted by atomic mass is 16.1. The molecular weight excluding hydrogens is 406 g/mol. The lowest BCUT2D eigenvalue weighted by atomic mass is 10.1. The van der Waals surface area contributed by atoms with Gasteiger partial charge in [-0.25, -0.2) is 0 Å². The smallest absolute Gasteiger partial charge is 0.226 e. The molecule has 1 N–H and O–H groups in total. The predicted molar refractivity (Wildman–Crippen MR) is 138 cm³/mol. The molecular formula is C29H27N3O. The molecule has 5 aromatic rings. The van der Waals surface area contributed by atoms with E-state index in [1.165, 1.54) is 21.8 Å². The molecule has 0 unspecified atom stereocenters. The van der Waals surface area contributed by atoms with Gasteiger partial charge < -0.3 is 14.8 Å². The van der Waals surface area contributed by atoms with Crippen LogP contribution in [-0.4, -0.2) is 17.0 Å². The van der Waals surface area contributed by atoms with E-state index in [9.17, 15) is 4.79 Å². The average Bonchev–Trinajstić information content (AvgIpc) is 3.18. The summed E-state index contributed by atoms with van der Waals surface area (Å²) in [4.78, 5) is 15.1. The van der Waals surface area contributed by atoms with Gasteiger partial charge in [0.25, 0.3) is 0 Å². The molecule has 0 spiro atoms. The molecule has 0 aliphatic heterocycles. The highest BCUT2D eigenvalue weighted by Crippen LogP contribution is 2.31. The molecule has 1 aromatic heterocycles. The van der Waals surface area contributed by atoms with Crippen LogP contribution in [0.2, 0.25) is 0 Å². The van der Waals surface area contributed by atoms with E-state index in [0.29, 0.717) is 13.0 Å². The summed E-state index contributed by atoms with van der Waals surface area (Å²) in [6.07, 6.45) is 0.387. The van der Waals surface area contributed by atoms with Crippen molar-refractivity contribution in [2.24, 2.45) is 0 Å². The molecule has 0 aliphatic carbocycles. The lowest BCUT2D eigenvalue weighted by molar-refractivity contribution is -0.116. The van der Waals surface area contributed by atoms with Crippen molar-refractivity contribution < 1.29 is 4.79 Å². The van der Waals surface area contributed by atoms with Gasteiger partial charge in [-0.05, 0) is 55.5 Å². The monoisotopic (exact) mass is 433 g/mol. The SMILES string of the molecule is CCn1c2ccccc2c2cc(NC(=O)CCN(c3ccccc3)c3ccccc3)ccc21. The quantitative estimate of drug-likeness (QED) is 0.301. The molecule has 164 valence electrons. The molecule has 0 fully saturated rings. The number of carbonyl (C=O) groups is 1. The maximum atomic E-state index is 12.9. The van der Waals surface area contributed by atoms with E-state index in [-0.39, 0.29) is 5.91 Å². The van der Waals surface area contributed by atoms with Crippen molar-refractivity contribution in [3.05, 3.63) is 103 Å². The zero-order valence-corrected chi connectivity index (χ0v) is 18.7. The Balaban J connectivity index is 1.35. The molecule has 0 radical (unpaired) electrons. The van der Waals surface area contributed by atoms with Gasteiger partial charge in [0.15, 0.2) is 0 Å². The summed E-state index contributed by atoms with van der Waals surface area (Å²) in [7, 11) is 0. The summed E-state index contributed by atoms with van der Waals surface area (Å²) < 4.78 is 2.31. The Bertz CT molecular complexity index is 1350. The van der Waals surface area contributed by atoms with E-state index < -0.39 is 0 Å². The maximum Gasteiger partial charge on any atom is 0.226 e. The zero-order chi connectivity index (χ0) is 22.6. The summed E-state index contributed by atoms with van der Waals surface area (Å²) in [5, 5.41) is 5.49. The molecule has 1 amide bonds. The number of fused-ring (bicyclic) bond motifs is 3. The Morgan fingerprint density at radius 2 is 1.36 bits per heavy atom. The van der Waals surface area contributed by atoms with Gasteiger partial charge in [-0.15, -0.1) is 0 Å². The van der Waals surface area contributed by atoms with Gasteiger partial charge in [-0.1, -0.05) is 54.6 Å². The van der Waals surface area contributed by atoms with Crippen LogP contribution in [0.3, 0.4) is 0 Å². The van der Waals surface area contributed by atoms with Crippen molar-refractivity contribution in [3.63, 3.8) is 0 Å². The van der Waals surface area contributed by atoms with Gasteiger partial charge in [0.05, 0.1) is 0 Å². The van der Waals surface area contributed by atoms with E-state index in [2.05, 4.69) is 82.4 Å². The standard InChI is InChI=1S/C29H27N3O/c1-2-31-27-16-10-9-15-25(27)26-21-22(17-18-28(26)31)30-29(33)19-20-32(23-11-5-3-6-12-23)24-13-7-4-8-14-24/h3-18,21H,2,19-20H2,1H3,(H,30,33). The fraction of sp³-hybridized carbons (Fsp3) is 0.138. The summed E-state index contributed by atoms with van der Waals surface area (Å²) in [6.45, 7) is 3.66. The van der Waals surface area contributed by atoms with Crippen molar-refractivity contribution in [3.8, 4) is 0 Å². The Morgan fingerprint density at radius 1 is 0.758 bits per heavy atom. The van der Waals surface area contributed by atoms with E-state index in [1.54, 1.807) is 0 Å². The lowest BCUT2D eigenvalue weighted by Gasteiger charge is -2.24. The number of nitrogens with zero attached hydrogens (tertiary/aromatic N) is 2. The summed E-state index contributed by atoms with van der Waals surface area (Å²) in [6, 6.07) is 35.0. The molecule has 0 bridgehead atoms. The fourth-order valence-corrected chi connectivity index (χ4v) is 4.53. The van der Waals surface area contributed by atoms with Crippen LogP contribution in [0, 0.1) is 0 Å². The second-order valence-electron chi connectivity index (χ2n) is 8.11. The predicted octanol–water partition coefficient (Wildman–Crippen LogP) is 6.98. The van der Waals surface area contributed by atoms with Gasteiger partial charge in [-0.3, -0.25) is 4.79 Å². The molecule has 33 heavy (non-hydrogen) atoms. The fourth-order valence-electron chi connectivity index (χ4n) is 4.53. The first-order valence-electron chi connectivity index (χ1n) is 11.4. The maximum absolute atomic E-state index is 12.9. The summed E-state index contributed by atoms with van der Waals surface area (Å²) in [5.74, 6) is 0.00504. The number of para-hydroxylation sites is 3. The largest absolute Gasteiger partial charge is 0.341 e. The topological polar surface area (TPSA) is 37.3 Å². The highest BCUT2D eigenvalue weighted by molar-refractivity contribution is 6.09. The minimum Gasteiger partial charge on any atom is -0.341 e. The van der Waals surface area contributed by atoms with Crippen LogP contribution in [0.5, 0.6) is 0 Å². The number of hydrogen-bond acceptors (Lipinski definition) is 2. The molecule has 4 heteroatoms. The number of aryl methyl sites for hydroxylation is 1. The minimum atomic E-state index is 0.00504. The van der Waals surface area contributed by atoms with Crippen molar-refractivity contribution >= 4 is 44.8 Å². The van der Waals surface area contributed by atoms with Gasteiger partial charge in [-0.2, -0.15) is 0 Å². The Kier molecular flexibility index (Phi) is 5.81. The van der Waals surface area contributed by atoms with E-state index in [0.717, 1.165) is 23.6 Å². The zero-order valence-electron chi connectivity index (χ0n) is 18.7. The first-order valence-corrected chi connectivity index (χ1v) is 11.4. The Hall–Kier alpha value is -4.05. The molecule has 0 atom stereocenters. The lowest BCUT2D eigenvalue weighted by Crippen LogP contribution is -2.23. The molecule has 4 nitrogen and oxygen atoms in total. The van der Waals surface area contributed by atoms with Crippen LogP contribution >= 0.6 is 0 Å². The van der Waals surface area contributed by atoms with Crippen LogP contribution < -0.4 is 10.2 Å². The molecule has 0 aliphatic rings. The van der Waals surface area contributed by atoms with Crippen molar-refractivity contribution in [2.45, 2.75) is 19.9 Å². The number of rotatable bonds is 7. The third-order valence-electron chi connectivity index (χ3n) is 6.07. The van der Waals surface area contributed by atoms with Gasteiger partial charge in [0.2, 0.25) is 5.91 Å². The van der Waals surface area contributed by atoms with Gasteiger partial charge in [0, 0.05) is 58.4 Å². The van der Waals surface area contributed by atoms with E-state index in [4.69, 9.17) is 0 Å². The van der Waals surface area contributed by atoms with Gasteiger partial charge >= 0.3 is 0 Å². The van der Waals surface area contributed by atoms with Crippen LogP contribution in [0.4, 0.5) is 17.1 Å². The second kappa shape index (κ2) is 9.21. The van der Waals surface area contributed by atoms with Crippen LogP contribution in [-0.2, 0) is 11.3 Å². The normalized spacial score (nSPS) is 11.1. The molecule has 4 aromatic carbocycles. The molecule has 0 saturated heterocycles. The molecule has 1 heterocycles. The Labute approximate surface area is 194 Å². The number of amides is 1. The number of anilines is 3. The first-order chi connectivity index (χ1) is 16.2. The molecule has 5 rings (SSSR count). The van der Waals surface area contributed by atoms with Crippen molar-refractivity contribution in [1.29, 1.82) is 0 Å². The number of benzene rings is 4. The second-order valence-corrected chi connectivity index (χ2v) is 8.11. The van der Waals surface area contributed by atoms with E-state index >= 15 is 0 Å². The number of aromatic nitrogens is 1. The van der Waals surface area contributed by atoms with Crippen LogP contribution in [0.25, 0.3) is 21.8 Å². The van der Waals surface area contributed by atoms with Crippen LogP contribution in [0.1, 0.15) is 13.3 Å². The van der Waals surface area contributed by atoms with E-state index in [1.807, 2.05) is 42.5 Å². The Morgan fingerprint density at radius 3 is 2.03 bits per heavy atom. The minimum absolute atomic E-state index is 0.00504. The number of hydrogen-bond donors (Lipinski definition) is 1.